The zero-order valence-electron chi connectivity index (χ0n) is 14.3. The van der Waals surface area contributed by atoms with Crippen molar-refractivity contribution >= 4 is 11.8 Å². The van der Waals surface area contributed by atoms with Crippen LogP contribution in [0.4, 0.5) is 0 Å². The van der Waals surface area contributed by atoms with Gasteiger partial charge in [0.15, 0.2) is 0 Å². The maximum absolute atomic E-state index is 12.5. The average Bonchev–Trinajstić information content (AvgIpc) is 2.48. The second kappa shape index (κ2) is 7.44. The molecule has 0 aromatic rings. The minimum atomic E-state index is 0.148. The number of ether oxygens (including phenoxy) is 1. The third-order valence-corrected chi connectivity index (χ3v) is 5.27. The lowest BCUT2D eigenvalue weighted by Gasteiger charge is -2.37. The van der Waals surface area contributed by atoms with Gasteiger partial charge in [0.25, 0.3) is 0 Å². The van der Waals surface area contributed by atoms with Gasteiger partial charge in [-0.15, -0.1) is 0 Å². The topological polar surface area (TPSA) is 49.9 Å². The molecule has 2 amide bonds. The van der Waals surface area contributed by atoms with Crippen molar-refractivity contribution in [1.82, 2.24) is 9.80 Å². The van der Waals surface area contributed by atoms with E-state index in [4.69, 9.17) is 4.74 Å². The summed E-state index contributed by atoms with van der Waals surface area (Å²) in [6, 6.07) is 0. The van der Waals surface area contributed by atoms with E-state index < -0.39 is 0 Å². The first-order chi connectivity index (χ1) is 10.4. The van der Waals surface area contributed by atoms with Crippen LogP contribution in [-0.2, 0) is 14.3 Å². The van der Waals surface area contributed by atoms with E-state index in [-0.39, 0.29) is 17.2 Å². The summed E-state index contributed by atoms with van der Waals surface area (Å²) in [6.45, 7) is 7.90. The van der Waals surface area contributed by atoms with Crippen LogP contribution in [0.1, 0.15) is 46.0 Å². The zero-order chi connectivity index (χ0) is 16.2. The van der Waals surface area contributed by atoms with E-state index >= 15 is 0 Å². The number of carbonyl (C=O) groups is 2. The van der Waals surface area contributed by atoms with Gasteiger partial charge in [-0.1, -0.05) is 6.92 Å². The Bertz CT molecular complexity index is 397. The van der Waals surface area contributed by atoms with Gasteiger partial charge in [0.05, 0.1) is 0 Å². The molecule has 0 N–H and O–H groups in total. The van der Waals surface area contributed by atoms with E-state index in [1.165, 1.54) is 0 Å². The van der Waals surface area contributed by atoms with Crippen LogP contribution in [-0.4, -0.2) is 61.5 Å². The maximum atomic E-state index is 12.5. The average molecular weight is 310 g/mol. The molecule has 5 nitrogen and oxygen atoms in total. The van der Waals surface area contributed by atoms with Gasteiger partial charge in [0, 0.05) is 53.2 Å². The first-order valence-corrected chi connectivity index (χ1v) is 8.47. The Morgan fingerprint density at radius 2 is 1.82 bits per heavy atom. The Hall–Kier alpha value is -1.10. The Morgan fingerprint density at radius 1 is 1.23 bits per heavy atom. The molecule has 2 rings (SSSR count). The molecule has 5 heteroatoms. The summed E-state index contributed by atoms with van der Waals surface area (Å²) in [7, 11) is 1.92. The van der Waals surface area contributed by atoms with Crippen LogP contribution in [0.2, 0.25) is 0 Å². The number of hydrogen-bond donors (Lipinski definition) is 0. The van der Waals surface area contributed by atoms with Gasteiger partial charge in [-0.3, -0.25) is 9.59 Å². The third kappa shape index (κ3) is 4.70. The quantitative estimate of drug-likeness (QED) is 0.797. The lowest BCUT2D eigenvalue weighted by molar-refractivity contribution is -0.134. The van der Waals surface area contributed by atoms with E-state index in [0.29, 0.717) is 12.3 Å². The standard InChI is InChI=1S/C17H30N2O3/c1-14(20)19-8-4-15(5-9-19)12-16(21)18(3)13-17(2)6-10-22-11-7-17/h15H,4-13H2,1-3H3. The van der Waals surface area contributed by atoms with Gasteiger partial charge in [0.1, 0.15) is 0 Å². The molecule has 22 heavy (non-hydrogen) atoms. The van der Waals surface area contributed by atoms with E-state index in [1.807, 2.05) is 16.8 Å². The highest BCUT2D eigenvalue weighted by Gasteiger charge is 2.31. The molecule has 2 aliphatic heterocycles. The molecule has 2 fully saturated rings. The molecular weight excluding hydrogens is 280 g/mol. The second-order valence-electron chi connectivity index (χ2n) is 7.33. The predicted molar refractivity (Wildman–Crippen MR) is 85.4 cm³/mol. The highest BCUT2D eigenvalue weighted by Crippen LogP contribution is 2.31. The molecule has 0 bridgehead atoms. The van der Waals surface area contributed by atoms with Crippen molar-refractivity contribution in [2.75, 3.05) is 39.9 Å². The summed E-state index contributed by atoms with van der Waals surface area (Å²) >= 11 is 0. The predicted octanol–water partition coefficient (Wildman–Crippen LogP) is 1.91. The highest BCUT2D eigenvalue weighted by molar-refractivity contribution is 5.76. The fourth-order valence-corrected chi connectivity index (χ4v) is 3.54. The molecular formula is C17H30N2O3. The minimum absolute atomic E-state index is 0.148. The number of nitrogens with zero attached hydrogens (tertiary/aromatic N) is 2. The SMILES string of the molecule is CC(=O)N1CCC(CC(=O)N(C)CC2(C)CCOCC2)CC1. The van der Waals surface area contributed by atoms with Gasteiger partial charge >= 0.3 is 0 Å². The molecule has 0 aromatic heterocycles. The van der Waals surface area contributed by atoms with Gasteiger partial charge < -0.3 is 14.5 Å². The largest absolute Gasteiger partial charge is 0.381 e. The van der Waals surface area contributed by atoms with Crippen molar-refractivity contribution in [3.63, 3.8) is 0 Å². The lowest BCUT2D eigenvalue weighted by atomic mass is 9.82. The first kappa shape index (κ1) is 17.3. The molecule has 0 aromatic carbocycles. The number of amides is 2. The fraction of sp³-hybridized carbons (Fsp3) is 0.882. The van der Waals surface area contributed by atoms with E-state index in [0.717, 1.165) is 58.5 Å². The first-order valence-electron chi connectivity index (χ1n) is 8.47. The number of hydrogen-bond acceptors (Lipinski definition) is 3. The lowest BCUT2D eigenvalue weighted by Crippen LogP contribution is -2.42. The van der Waals surface area contributed by atoms with Crippen LogP contribution >= 0.6 is 0 Å². The summed E-state index contributed by atoms with van der Waals surface area (Å²) in [5, 5.41) is 0. The van der Waals surface area contributed by atoms with Crippen molar-refractivity contribution in [2.45, 2.75) is 46.0 Å². The minimum Gasteiger partial charge on any atom is -0.381 e. The molecule has 0 atom stereocenters. The third-order valence-electron chi connectivity index (χ3n) is 5.27. The zero-order valence-corrected chi connectivity index (χ0v) is 14.3. The van der Waals surface area contributed by atoms with E-state index in [2.05, 4.69) is 6.92 Å². The van der Waals surface area contributed by atoms with Gasteiger partial charge in [-0.2, -0.15) is 0 Å². The van der Waals surface area contributed by atoms with Crippen molar-refractivity contribution in [1.29, 1.82) is 0 Å². The van der Waals surface area contributed by atoms with Gasteiger partial charge in [-0.05, 0) is 37.0 Å². The molecule has 2 aliphatic rings. The molecule has 0 unspecified atom stereocenters. The normalized spacial score (nSPS) is 22.4. The summed E-state index contributed by atoms with van der Waals surface area (Å²) in [6.07, 6.45) is 4.58. The van der Waals surface area contributed by atoms with Crippen molar-refractivity contribution < 1.29 is 14.3 Å². The van der Waals surface area contributed by atoms with Crippen LogP contribution in [0.15, 0.2) is 0 Å². The smallest absolute Gasteiger partial charge is 0.222 e. The summed E-state index contributed by atoms with van der Waals surface area (Å²) in [5.41, 5.74) is 0.195. The van der Waals surface area contributed by atoms with Crippen LogP contribution in [0.3, 0.4) is 0 Å². The van der Waals surface area contributed by atoms with Crippen LogP contribution in [0.25, 0.3) is 0 Å². The summed E-state index contributed by atoms with van der Waals surface area (Å²) in [5.74, 6) is 0.816. The Morgan fingerprint density at radius 3 is 2.36 bits per heavy atom. The summed E-state index contributed by atoms with van der Waals surface area (Å²) in [4.78, 5) is 27.6. The number of carbonyl (C=O) groups excluding carboxylic acids is 2. The van der Waals surface area contributed by atoms with Crippen molar-refractivity contribution in [3.8, 4) is 0 Å². The summed E-state index contributed by atoms with van der Waals surface area (Å²) < 4.78 is 5.42. The molecule has 0 spiro atoms. The second-order valence-corrected chi connectivity index (χ2v) is 7.33. The molecule has 0 radical (unpaired) electrons. The van der Waals surface area contributed by atoms with Gasteiger partial charge in [0.2, 0.25) is 11.8 Å². The van der Waals surface area contributed by atoms with Crippen LogP contribution < -0.4 is 0 Å². The molecule has 126 valence electrons. The Labute approximate surface area is 134 Å². The van der Waals surface area contributed by atoms with Crippen molar-refractivity contribution in [3.05, 3.63) is 0 Å². The van der Waals surface area contributed by atoms with E-state index in [1.54, 1.807) is 6.92 Å². The maximum Gasteiger partial charge on any atom is 0.222 e. The number of likely N-dealkylation sites (tertiary alicyclic amines) is 1. The fourth-order valence-electron chi connectivity index (χ4n) is 3.54. The molecule has 0 aliphatic carbocycles. The highest BCUT2D eigenvalue weighted by atomic mass is 16.5. The monoisotopic (exact) mass is 310 g/mol. The molecule has 0 saturated carbocycles. The van der Waals surface area contributed by atoms with Crippen LogP contribution in [0.5, 0.6) is 0 Å². The molecule has 2 saturated heterocycles. The Balaban J connectivity index is 1.76. The van der Waals surface area contributed by atoms with Crippen LogP contribution in [0, 0.1) is 11.3 Å². The molecule has 2 heterocycles. The van der Waals surface area contributed by atoms with Crippen molar-refractivity contribution in [2.24, 2.45) is 11.3 Å². The van der Waals surface area contributed by atoms with E-state index in [9.17, 15) is 9.59 Å². The Kier molecular flexibility index (Phi) is 5.84. The number of piperidine rings is 1. The number of rotatable bonds is 4. The van der Waals surface area contributed by atoms with Gasteiger partial charge in [-0.25, -0.2) is 0 Å².